The van der Waals surface area contributed by atoms with Crippen molar-refractivity contribution in [3.63, 3.8) is 0 Å². The summed E-state index contributed by atoms with van der Waals surface area (Å²) in [6, 6.07) is 3.55. The molecule has 0 aliphatic carbocycles. The molecule has 1 atom stereocenters. The topological polar surface area (TPSA) is 93.2 Å². The highest BCUT2D eigenvalue weighted by Gasteiger charge is 2.31. The molecule has 124 valence electrons. The molecule has 0 saturated carbocycles. The fourth-order valence-electron chi connectivity index (χ4n) is 2.98. The summed E-state index contributed by atoms with van der Waals surface area (Å²) < 4.78 is 3.75. The van der Waals surface area contributed by atoms with E-state index in [9.17, 15) is 4.79 Å². The summed E-state index contributed by atoms with van der Waals surface area (Å²) in [5.41, 5.74) is 1.80. The summed E-state index contributed by atoms with van der Waals surface area (Å²) in [5, 5.41) is 19.3. The van der Waals surface area contributed by atoms with E-state index in [2.05, 4.69) is 25.7 Å². The summed E-state index contributed by atoms with van der Waals surface area (Å²) in [4.78, 5) is 14.7. The first-order chi connectivity index (χ1) is 11.5. The van der Waals surface area contributed by atoms with E-state index < -0.39 is 0 Å². The predicted octanol–water partition coefficient (Wildman–Crippen LogP) is 0.390. The molecule has 0 bridgehead atoms. The van der Waals surface area contributed by atoms with E-state index in [4.69, 9.17) is 0 Å². The van der Waals surface area contributed by atoms with Crippen LogP contribution in [0.15, 0.2) is 18.3 Å². The molecule has 4 heterocycles. The molecule has 24 heavy (non-hydrogen) atoms. The molecule has 0 saturated heterocycles. The van der Waals surface area contributed by atoms with Crippen LogP contribution in [0.3, 0.4) is 0 Å². The van der Waals surface area contributed by atoms with Gasteiger partial charge in [0.2, 0.25) is 11.9 Å². The molecule has 0 radical (unpaired) electrons. The highest BCUT2D eigenvalue weighted by atomic mass is 16.2. The van der Waals surface area contributed by atoms with Gasteiger partial charge in [-0.25, -0.2) is 0 Å². The third-order valence-corrected chi connectivity index (χ3v) is 4.39. The van der Waals surface area contributed by atoms with Crippen LogP contribution in [-0.2, 0) is 17.9 Å². The van der Waals surface area contributed by atoms with Crippen molar-refractivity contribution >= 4 is 17.5 Å². The lowest BCUT2D eigenvalue weighted by Crippen LogP contribution is -2.48. The number of anilines is 1. The molecule has 1 unspecified atom stereocenters. The Kier molecular flexibility index (Phi) is 3.31. The van der Waals surface area contributed by atoms with Gasteiger partial charge in [0.1, 0.15) is 17.7 Å². The van der Waals surface area contributed by atoms with Gasteiger partial charge in [0, 0.05) is 6.20 Å². The lowest BCUT2D eigenvalue weighted by atomic mass is 10.2. The maximum absolute atomic E-state index is 12.7. The van der Waals surface area contributed by atoms with E-state index >= 15 is 0 Å². The molecule has 0 fully saturated rings. The first-order valence-electron chi connectivity index (χ1n) is 7.74. The average Bonchev–Trinajstić information content (AvgIpc) is 3.10. The van der Waals surface area contributed by atoms with Gasteiger partial charge in [-0.2, -0.15) is 0 Å². The van der Waals surface area contributed by atoms with Crippen LogP contribution in [0.4, 0.5) is 5.95 Å². The minimum absolute atomic E-state index is 0.119. The summed E-state index contributed by atoms with van der Waals surface area (Å²) in [5.74, 6) is 2.00. The molecule has 9 heteroatoms. The number of rotatable bonds is 2. The Morgan fingerprint density at radius 3 is 2.92 bits per heavy atom. The predicted molar refractivity (Wildman–Crippen MR) is 86.4 cm³/mol. The number of nitrogens with one attached hydrogen (secondary N) is 1. The fraction of sp³-hybridized carbons (Fsp3) is 0.400. The number of fused-ring (bicyclic) bond motifs is 2. The first kappa shape index (κ1) is 14.8. The van der Waals surface area contributed by atoms with Gasteiger partial charge in [-0.15, -0.1) is 20.4 Å². The zero-order valence-electron chi connectivity index (χ0n) is 13.8. The van der Waals surface area contributed by atoms with Crippen molar-refractivity contribution in [2.45, 2.75) is 33.0 Å². The van der Waals surface area contributed by atoms with Crippen LogP contribution in [-0.4, -0.2) is 53.3 Å². The molecule has 3 aromatic heterocycles. The van der Waals surface area contributed by atoms with Gasteiger partial charge in [-0.3, -0.25) is 19.4 Å². The molecule has 9 nitrogen and oxygen atoms in total. The molecule has 0 aromatic carbocycles. The van der Waals surface area contributed by atoms with Crippen LogP contribution < -0.4 is 5.32 Å². The number of hydrogen-bond donors (Lipinski definition) is 1. The maximum atomic E-state index is 12.7. The van der Waals surface area contributed by atoms with Crippen molar-refractivity contribution in [3.05, 3.63) is 35.5 Å². The third kappa shape index (κ3) is 2.33. The Labute approximate surface area is 138 Å². The summed E-state index contributed by atoms with van der Waals surface area (Å²) in [6.45, 7) is 4.99. The van der Waals surface area contributed by atoms with E-state index in [0.717, 1.165) is 17.2 Å². The van der Waals surface area contributed by atoms with Gasteiger partial charge in [0.25, 0.3) is 0 Å². The minimum atomic E-state index is -0.315. The van der Waals surface area contributed by atoms with E-state index in [-0.39, 0.29) is 11.9 Å². The highest BCUT2D eigenvalue weighted by molar-refractivity contribution is 5.93. The number of aromatic nitrogens is 6. The lowest BCUT2D eigenvalue weighted by molar-refractivity contribution is -0.122. The van der Waals surface area contributed by atoms with Gasteiger partial charge in [-0.05, 0) is 38.6 Å². The van der Waals surface area contributed by atoms with Crippen LogP contribution in [0.1, 0.15) is 17.2 Å². The van der Waals surface area contributed by atoms with Crippen LogP contribution in [0.2, 0.25) is 0 Å². The fourth-order valence-corrected chi connectivity index (χ4v) is 2.98. The molecular formula is C15H18N8O. The molecule has 1 N–H and O–H groups in total. The number of hydrogen-bond acceptors (Lipinski definition) is 6. The Morgan fingerprint density at radius 2 is 2.08 bits per heavy atom. The summed E-state index contributed by atoms with van der Waals surface area (Å²) in [6.07, 6.45) is 1.85. The summed E-state index contributed by atoms with van der Waals surface area (Å²) >= 11 is 0. The SMILES string of the molecule is Cc1ccn2c(NC(=O)C3Cn4c(C)nnc4CN3C)nnc2c1. The van der Waals surface area contributed by atoms with E-state index in [1.807, 2.05) is 48.7 Å². The second-order valence-corrected chi connectivity index (χ2v) is 6.15. The number of pyridine rings is 1. The Balaban J connectivity index is 1.58. The normalized spacial score (nSPS) is 17.9. The molecule has 0 spiro atoms. The van der Waals surface area contributed by atoms with Gasteiger partial charge in [-0.1, -0.05) is 0 Å². The molecule has 1 aliphatic rings. The standard InChI is InChI=1S/C15H18N8O/c1-9-4-5-22-12(6-9)18-20-15(22)16-14(24)11-7-23-10(2)17-19-13(23)8-21(11)3/h4-6,11H,7-8H2,1-3H3,(H,16,20,24). The van der Waals surface area contributed by atoms with Crippen LogP contribution in [0.5, 0.6) is 0 Å². The smallest absolute Gasteiger partial charge is 0.245 e. The maximum Gasteiger partial charge on any atom is 0.245 e. The second kappa shape index (κ2) is 5.38. The zero-order chi connectivity index (χ0) is 16.8. The lowest BCUT2D eigenvalue weighted by Gasteiger charge is -2.31. The average molecular weight is 326 g/mol. The number of amides is 1. The Bertz CT molecular complexity index is 927. The number of nitrogens with zero attached hydrogens (tertiary/aromatic N) is 7. The van der Waals surface area contributed by atoms with Crippen LogP contribution in [0, 0.1) is 13.8 Å². The molecule has 1 aliphatic heterocycles. The number of likely N-dealkylation sites (N-methyl/N-ethyl adjacent to an activating group) is 1. The minimum Gasteiger partial charge on any atom is -0.312 e. The Morgan fingerprint density at radius 1 is 1.25 bits per heavy atom. The zero-order valence-corrected chi connectivity index (χ0v) is 13.8. The van der Waals surface area contributed by atoms with E-state index in [1.54, 1.807) is 4.40 Å². The second-order valence-electron chi connectivity index (χ2n) is 6.15. The largest absolute Gasteiger partial charge is 0.312 e. The van der Waals surface area contributed by atoms with Crippen molar-refractivity contribution in [2.75, 3.05) is 12.4 Å². The van der Waals surface area contributed by atoms with Gasteiger partial charge < -0.3 is 4.57 Å². The number of carbonyl (C=O) groups excluding carboxylic acids is 1. The monoisotopic (exact) mass is 326 g/mol. The van der Waals surface area contributed by atoms with Crippen LogP contribution in [0.25, 0.3) is 5.65 Å². The first-order valence-corrected chi connectivity index (χ1v) is 7.74. The van der Waals surface area contributed by atoms with Crippen molar-refractivity contribution < 1.29 is 4.79 Å². The summed E-state index contributed by atoms with van der Waals surface area (Å²) in [7, 11) is 1.91. The third-order valence-electron chi connectivity index (χ3n) is 4.39. The van der Waals surface area contributed by atoms with Crippen molar-refractivity contribution in [1.82, 2.24) is 34.3 Å². The van der Waals surface area contributed by atoms with Gasteiger partial charge in [0.15, 0.2) is 5.65 Å². The van der Waals surface area contributed by atoms with E-state index in [0.29, 0.717) is 24.7 Å². The van der Waals surface area contributed by atoms with Crippen molar-refractivity contribution in [3.8, 4) is 0 Å². The molecule has 4 rings (SSSR count). The Hall–Kier alpha value is -2.81. The quantitative estimate of drug-likeness (QED) is 0.732. The molecule has 1 amide bonds. The van der Waals surface area contributed by atoms with Crippen molar-refractivity contribution in [1.29, 1.82) is 0 Å². The number of carbonyl (C=O) groups is 1. The highest BCUT2D eigenvalue weighted by Crippen LogP contribution is 2.18. The molecular weight excluding hydrogens is 308 g/mol. The number of aryl methyl sites for hydroxylation is 2. The molecule has 3 aromatic rings. The van der Waals surface area contributed by atoms with Gasteiger partial charge in [0.05, 0.1) is 13.1 Å². The van der Waals surface area contributed by atoms with E-state index in [1.165, 1.54) is 0 Å². The van der Waals surface area contributed by atoms with Crippen LogP contribution >= 0.6 is 0 Å². The van der Waals surface area contributed by atoms with Crippen molar-refractivity contribution in [2.24, 2.45) is 0 Å². The van der Waals surface area contributed by atoms with Gasteiger partial charge >= 0.3 is 0 Å².